The summed E-state index contributed by atoms with van der Waals surface area (Å²) in [7, 11) is 0. The quantitative estimate of drug-likeness (QED) is 0.657. The third-order valence-electron chi connectivity index (χ3n) is 1.35. The van der Waals surface area contributed by atoms with Gasteiger partial charge in [-0.25, -0.2) is 0 Å². The molecule has 5 heteroatoms. The summed E-state index contributed by atoms with van der Waals surface area (Å²) in [5.41, 5.74) is 0. The van der Waals surface area contributed by atoms with E-state index in [4.69, 9.17) is 4.52 Å². The third kappa shape index (κ3) is 1.81. The number of rotatable bonds is 4. The highest BCUT2D eigenvalue weighted by atomic mass is 16.7. The number of anilines is 2. The van der Waals surface area contributed by atoms with Crippen LogP contribution in [0.3, 0.4) is 0 Å². The monoisotopic (exact) mass is 171 g/mol. The molecule has 0 saturated heterocycles. The van der Waals surface area contributed by atoms with Crippen LogP contribution < -0.4 is 15.5 Å². The smallest absolute Gasteiger partial charge is 0.318 e. The van der Waals surface area contributed by atoms with Crippen molar-refractivity contribution < 1.29 is 9.43 Å². The van der Waals surface area contributed by atoms with Gasteiger partial charge in [-0.3, -0.25) is 5.32 Å². The molecule has 1 heterocycles. The lowest BCUT2D eigenvalue weighted by molar-refractivity contribution is -0.778. The van der Waals surface area contributed by atoms with Gasteiger partial charge in [0.05, 0.1) is 12.6 Å². The molecule has 0 aliphatic rings. The first-order valence-electron chi connectivity index (χ1n) is 3.99. The topological polar surface area (TPSA) is 64.1 Å². The minimum atomic E-state index is 0.438. The summed E-state index contributed by atoms with van der Waals surface area (Å²) in [6.07, 6.45) is 0. The second-order valence-corrected chi connectivity index (χ2v) is 2.30. The van der Waals surface area contributed by atoms with Gasteiger partial charge >= 0.3 is 5.82 Å². The average molecular weight is 171 g/mol. The Balaban J connectivity index is 2.70. The molecule has 2 N–H and O–H groups in total. The van der Waals surface area contributed by atoms with E-state index in [0.29, 0.717) is 23.1 Å². The summed E-state index contributed by atoms with van der Waals surface area (Å²) < 4.78 is 4.80. The lowest BCUT2D eigenvalue weighted by atomic mass is 10.5. The van der Waals surface area contributed by atoms with E-state index in [1.807, 2.05) is 13.8 Å². The van der Waals surface area contributed by atoms with Gasteiger partial charge in [-0.05, 0) is 18.8 Å². The summed E-state index contributed by atoms with van der Waals surface area (Å²) in [6, 6.07) is 1.64. The van der Waals surface area contributed by atoms with E-state index in [1.54, 1.807) is 6.07 Å². The zero-order chi connectivity index (χ0) is 8.97. The molecule has 0 amide bonds. The Morgan fingerprint density at radius 3 is 2.67 bits per heavy atom. The van der Waals surface area contributed by atoms with Gasteiger partial charge in [0.1, 0.15) is 5.88 Å². The number of nitrogens with one attached hydrogen (secondary N) is 2. The van der Waals surface area contributed by atoms with E-state index >= 15 is 0 Å². The lowest BCUT2D eigenvalue weighted by Gasteiger charge is -1.97. The van der Waals surface area contributed by atoms with Gasteiger partial charge in [0.25, 0.3) is 0 Å². The van der Waals surface area contributed by atoms with Crippen LogP contribution in [-0.2, 0) is 0 Å². The fourth-order valence-electron chi connectivity index (χ4n) is 0.896. The van der Waals surface area contributed by atoms with Crippen LogP contribution in [0.2, 0.25) is 0 Å². The normalized spacial score (nSPS) is 9.83. The van der Waals surface area contributed by atoms with E-state index in [9.17, 15) is 5.21 Å². The van der Waals surface area contributed by atoms with Crippen LogP contribution in [0.5, 0.6) is 0 Å². The van der Waals surface area contributed by atoms with Crippen molar-refractivity contribution in [2.24, 2.45) is 0 Å². The molecular formula is C7H13N3O2. The first-order valence-corrected chi connectivity index (χ1v) is 3.99. The Morgan fingerprint density at radius 1 is 1.42 bits per heavy atom. The second-order valence-electron chi connectivity index (χ2n) is 2.30. The van der Waals surface area contributed by atoms with Crippen molar-refractivity contribution >= 4 is 11.7 Å². The predicted octanol–water partition coefficient (Wildman–Crippen LogP) is 0.777. The van der Waals surface area contributed by atoms with Crippen molar-refractivity contribution in [3.8, 4) is 0 Å². The molecule has 0 aromatic carbocycles. The van der Waals surface area contributed by atoms with Crippen molar-refractivity contribution in [1.82, 2.24) is 0 Å². The Bertz CT molecular complexity index is 247. The molecular weight excluding hydrogens is 158 g/mol. The van der Waals surface area contributed by atoms with Gasteiger partial charge in [0, 0.05) is 6.54 Å². The highest BCUT2D eigenvalue weighted by Crippen LogP contribution is 2.10. The molecule has 1 aromatic heterocycles. The van der Waals surface area contributed by atoms with Crippen LogP contribution in [0.15, 0.2) is 10.6 Å². The molecule has 0 radical (unpaired) electrons. The van der Waals surface area contributed by atoms with Gasteiger partial charge in [-0.15, -0.1) is 0 Å². The molecule has 68 valence electrons. The van der Waals surface area contributed by atoms with Crippen molar-refractivity contribution in [3.63, 3.8) is 0 Å². The number of hydrogen-bond donors (Lipinski definition) is 2. The van der Waals surface area contributed by atoms with Gasteiger partial charge in [-0.2, -0.15) is 0 Å². The van der Waals surface area contributed by atoms with E-state index < -0.39 is 0 Å². The summed E-state index contributed by atoms with van der Waals surface area (Å²) in [5, 5.41) is 16.7. The first kappa shape index (κ1) is 8.70. The maximum Gasteiger partial charge on any atom is 0.318 e. The van der Waals surface area contributed by atoms with E-state index in [-0.39, 0.29) is 0 Å². The SMILES string of the molecule is CCNc1cc(NCC)[n+]([O-])o1. The minimum absolute atomic E-state index is 0.438. The minimum Gasteiger partial charge on any atom is -0.423 e. The largest absolute Gasteiger partial charge is 0.423 e. The van der Waals surface area contributed by atoms with Crippen LogP contribution in [0.1, 0.15) is 13.8 Å². The molecule has 0 bridgehead atoms. The van der Waals surface area contributed by atoms with Gasteiger partial charge in [0.2, 0.25) is 0 Å². The Labute approximate surface area is 70.9 Å². The zero-order valence-electron chi connectivity index (χ0n) is 7.26. The standard InChI is InChI=1S/C7H13N3O2/c1-3-8-6-5-7(9-4-2)12-10(6)11/h5,8-9H,3-4H2,1-2H3. The average Bonchev–Trinajstić information content (AvgIpc) is 2.34. The number of nitrogens with zero attached hydrogens (tertiary/aromatic N) is 1. The van der Waals surface area contributed by atoms with Crippen molar-refractivity contribution in [3.05, 3.63) is 11.3 Å². The predicted molar refractivity (Wildman–Crippen MR) is 46.0 cm³/mol. The number of hydrogen-bond acceptors (Lipinski definition) is 4. The second kappa shape index (κ2) is 3.85. The molecule has 0 spiro atoms. The fourth-order valence-corrected chi connectivity index (χ4v) is 0.896. The van der Waals surface area contributed by atoms with Crippen LogP contribution in [0, 0.1) is 5.21 Å². The summed E-state index contributed by atoms with van der Waals surface area (Å²) >= 11 is 0. The van der Waals surface area contributed by atoms with E-state index in [2.05, 4.69) is 10.6 Å². The summed E-state index contributed by atoms with van der Waals surface area (Å²) in [4.78, 5) is 0.460. The molecule has 0 unspecified atom stereocenters. The molecule has 1 aromatic rings. The lowest BCUT2D eigenvalue weighted by Crippen LogP contribution is -2.27. The van der Waals surface area contributed by atoms with Crippen molar-refractivity contribution in [1.29, 1.82) is 0 Å². The Morgan fingerprint density at radius 2 is 2.08 bits per heavy atom. The van der Waals surface area contributed by atoms with Crippen LogP contribution in [0.4, 0.5) is 11.7 Å². The zero-order valence-corrected chi connectivity index (χ0v) is 7.26. The summed E-state index contributed by atoms with van der Waals surface area (Å²) in [5.74, 6) is 0.928. The molecule has 0 aliphatic carbocycles. The maximum absolute atomic E-state index is 11.0. The molecule has 0 saturated carbocycles. The maximum atomic E-state index is 11.0. The van der Waals surface area contributed by atoms with Gasteiger partial charge < -0.3 is 15.0 Å². The Hall–Kier alpha value is -1.39. The molecule has 0 atom stereocenters. The molecule has 0 fully saturated rings. The van der Waals surface area contributed by atoms with Crippen LogP contribution in [0.25, 0.3) is 0 Å². The first-order chi connectivity index (χ1) is 5.77. The fraction of sp³-hybridized carbons (Fsp3) is 0.571. The molecule has 0 aliphatic heterocycles. The number of aromatic nitrogens is 1. The Kier molecular flexibility index (Phi) is 2.79. The van der Waals surface area contributed by atoms with Crippen molar-refractivity contribution in [2.75, 3.05) is 23.7 Å². The van der Waals surface area contributed by atoms with E-state index in [1.165, 1.54) is 0 Å². The van der Waals surface area contributed by atoms with Gasteiger partial charge in [0.15, 0.2) is 0 Å². The highest BCUT2D eigenvalue weighted by molar-refractivity contribution is 5.41. The van der Waals surface area contributed by atoms with Gasteiger partial charge in [-0.1, -0.05) is 0 Å². The van der Waals surface area contributed by atoms with Crippen LogP contribution >= 0.6 is 0 Å². The molecule has 1 rings (SSSR count). The highest BCUT2D eigenvalue weighted by Gasteiger charge is 2.06. The summed E-state index contributed by atoms with van der Waals surface area (Å²) in [6.45, 7) is 5.29. The van der Waals surface area contributed by atoms with Crippen LogP contribution in [-0.4, -0.2) is 13.1 Å². The molecule has 12 heavy (non-hydrogen) atoms. The molecule has 5 nitrogen and oxygen atoms in total. The van der Waals surface area contributed by atoms with E-state index in [0.717, 1.165) is 6.54 Å². The van der Waals surface area contributed by atoms with Crippen molar-refractivity contribution in [2.45, 2.75) is 13.8 Å². The third-order valence-corrected chi connectivity index (χ3v) is 1.35.